The van der Waals surface area contributed by atoms with Crippen molar-refractivity contribution >= 4 is 5.91 Å². The molecule has 1 aliphatic rings. The van der Waals surface area contributed by atoms with Crippen molar-refractivity contribution in [3.05, 3.63) is 0 Å². The van der Waals surface area contributed by atoms with Gasteiger partial charge >= 0.3 is 0 Å². The van der Waals surface area contributed by atoms with Crippen molar-refractivity contribution in [2.75, 3.05) is 19.8 Å². The molecule has 2 N–H and O–H groups in total. The Kier molecular flexibility index (Phi) is 5.05. The number of morpholine rings is 1. The zero-order valence-electron chi connectivity index (χ0n) is 9.74. The van der Waals surface area contributed by atoms with E-state index in [0.29, 0.717) is 19.8 Å². The summed E-state index contributed by atoms with van der Waals surface area (Å²) in [6.45, 7) is 6.06. The molecule has 0 spiro atoms. The van der Waals surface area contributed by atoms with Gasteiger partial charge < -0.3 is 15.4 Å². The van der Waals surface area contributed by atoms with Crippen LogP contribution in [0.4, 0.5) is 0 Å². The zero-order chi connectivity index (χ0) is 11.3. The minimum atomic E-state index is -0.328. The van der Waals surface area contributed by atoms with E-state index < -0.39 is 0 Å². The van der Waals surface area contributed by atoms with Crippen LogP contribution in [0, 0.1) is 0 Å². The lowest BCUT2D eigenvalue weighted by Gasteiger charge is -2.35. The summed E-state index contributed by atoms with van der Waals surface area (Å²) in [5.74, 6) is 0.0826. The van der Waals surface area contributed by atoms with Crippen LogP contribution in [0.15, 0.2) is 0 Å². The average Bonchev–Trinajstić information content (AvgIpc) is 2.25. The van der Waals surface area contributed by atoms with Crippen LogP contribution in [-0.2, 0) is 9.53 Å². The molecule has 1 aliphatic heterocycles. The Morgan fingerprint density at radius 2 is 2.40 bits per heavy atom. The van der Waals surface area contributed by atoms with Gasteiger partial charge in [-0.05, 0) is 13.3 Å². The van der Waals surface area contributed by atoms with Crippen LogP contribution in [0.5, 0.6) is 0 Å². The van der Waals surface area contributed by atoms with Gasteiger partial charge in [-0.1, -0.05) is 19.8 Å². The summed E-state index contributed by atoms with van der Waals surface area (Å²) in [7, 11) is 0. The lowest BCUT2D eigenvalue weighted by atomic mass is 10.1. The number of nitrogens with zero attached hydrogens (tertiary/aromatic N) is 1. The van der Waals surface area contributed by atoms with Gasteiger partial charge in [0, 0.05) is 6.54 Å². The van der Waals surface area contributed by atoms with Crippen molar-refractivity contribution in [3.63, 3.8) is 0 Å². The van der Waals surface area contributed by atoms with Gasteiger partial charge in [0.2, 0.25) is 5.91 Å². The summed E-state index contributed by atoms with van der Waals surface area (Å²) in [4.78, 5) is 13.8. The molecule has 15 heavy (non-hydrogen) atoms. The topological polar surface area (TPSA) is 55.6 Å². The molecule has 2 atom stereocenters. The molecule has 1 saturated heterocycles. The summed E-state index contributed by atoms with van der Waals surface area (Å²) in [6, 6.07) is -0.163. The second-order valence-electron chi connectivity index (χ2n) is 4.20. The lowest BCUT2D eigenvalue weighted by molar-refractivity contribution is -0.140. The van der Waals surface area contributed by atoms with Crippen LogP contribution in [0.2, 0.25) is 0 Å². The molecule has 0 aliphatic carbocycles. The molecular formula is C11H22N2O2. The SMILES string of the molecule is CCCC[C@H](N)C(=O)N1CCOCC1C. The molecule has 0 bridgehead atoms. The number of carbonyl (C=O) groups is 1. The van der Waals surface area contributed by atoms with Gasteiger partial charge in [-0.2, -0.15) is 0 Å². The maximum absolute atomic E-state index is 12.0. The predicted octanol–water partition coefficient (Wildman–Crippen LogP) is 0.751. The second kappa shape index (κ2) is 6.08. The van der Waals surface area contributed by atoms with Gasteiger partial charge in [0.1, 0.15) is 0 Å². The highest BCUT2D eigenvalue weighted by molar-refractivity contribution is 5.82. The quantitative estimate of drug-likeness (QED) is 0.751. The van der Waals surface area contributed by atoms with Gasteiger partial charge in [-0.15, -0.1) is 0 Å². The normalized spacial score (nSPS) is 23.9. The molecule has 88 valence electrons. The first-order valence-electron chi connectivity index (χ1n) is 5.80. The fraction of sp³-hybridized carbons (Fsp3) is 0.909. The largest absolute Gasteiger partial charge is 0.377 e. The van der Waals surface area contributed by atoms with E-state index in [-0.39, 0.29) is 18.0 Å². The van der Waals surface area contributed by atoms with Crippen molar-refractivity contribution in [3.8, 4) is 0 Å². The Hall–Kier alpha value is -0.610. The van der Waals surface area contributed by atoms with E-state index in [1.807, 2.05) is 11.8 Å². The molecule has 1 rings (SSSR count). The van der Waals surface area contributed by atoms with E-state index >= 15 is 0 Å². The molecular weight excluding hydrogens is 192 g/mol. The Morgan fingerprint density at radius 3 is 3.00 bits per heavy atom. The highest BCUT2D eigenvalue weighted by Gasteiger charge is 2.27. The van der Waals surface area contributed by atoms with E-state index in [1.165, 1.54) is 0 Å². The molecule has 4 nitrogen and oxygen atoms in total. The molecule has 0 radical (unpaired) electrons. The Balaban J connectivity index is 2.43. The van der Waals surface area contributed by atoms with Gasteiger partial charge in [-0.25, -0.2) is 0 Å². The number of hydrogen-bond acceptors (Lipinski definition) is 3. The average molecular weight is 214 g/mol. The Bertz CT molecular complexity index is 209. The lowest BCUT2D eigenvalue weighted by Crippen LogP contribution is -2.52. The van der Waals surface area contributed by atoms with Crippen LogP contribution in [0.3, 0.4) is 0 Å². The summed E-state index contributed by atoms with van der Waals surface area (Å²) < 4.78 is 5.29. The van der Waals surface area contributed by atoms with Gasteiger partial charge in [0.15, 0.2) is 0 Å². The van der Waals surface area contributed by atoms with Crippen molar-refractivity contribution in [1.82, 2.24) is 4.90 Å². The summed E-state index contributed by atoms with van der Waals surface area (Å²) in [5.41, 5.74) is 5.86. The van der Waals surface area contributed by atoms with Crippen LogP contribution < -0.4 is 5.73 Å². The van der Waals surface area contributed by atoms with Crippen molar-refractivity contribution < 1.29 is 9.53 Å². The third-order valence-electron chi connectivity index (χ3n) is 2.84. The zero-order valence-corrected chi connectivity index (χ0v) is 9.74. The van der Waals surface area contributed by atoms with Crippen LogP contribution in [0.1, 0.15) is 33.1 Å². The second-order valence-corrected chi connectivity index (χ2v) is 4.20. The van der Waals surface area contributed by atoms with E-state index in [4.69, 9.17) is 10.5 Å². The van der Waals surface area contributed by atoms with Crippen molar-refractivity contribution in [2.45, 2.75) is 45.2 Å². The molecule has 4 heteroatoms. The number of amides is 1. The third kappa shape index (κ3) is 3.47. The minimum Gasteiger partial charge on any atom is -0.377 e. The molecule has 0 saturated carbocycles. The number of nitrogens with two attached hydrogens (primary N) is 1. The minimum absolute atomic E-state index is 0.0826. The van der Waals surface area contributed by atoms with Crippen molar-refractivity contribution in [2.24, 2.45) is 5.73 Å². The molecule has 1 unspecified atom stereocenters. The van der Waals surface area contributed by atoms with Gasteiger partial charge in [0.05, 0.1) is 25.3 Å². The Labute approximate surface area is 91.8 Å². The van der Waals surface area contributed by atoms with E-state index in [9.17, 15) is 4.79 Å². The molecule has 0 aromatic carbocycles. The van der Waals surface area contributed by atoms with Gasteiger partial charge in [-0.3, -0.25) is 4.79 Å². The standard InChI is InChI=1S/C11H22N2O2/c1-3-4-5-10(12)11(14)13-6-7-15-8-9(13)2/h9-10H,3-8,12H2,1-2H3/t9?,10-/m0/s1. The molecule has 1 amide bonds. The number of rotatable bonds is 4. The summed E-state index contributed by atoms with van der Waals surface area (Å²) >= 11 is 0. The maximum atomic E-state index is 12.0. The van der Waals surface area contributed by atoms with Gasteiger partial charge in [0.25, 0.3) is 0 Å². The van der Waals surface area contributed by atoms with Crippen molar-refractivity contribution in [1.29, 1.82) is 0 Å². The van der Waals surface area contributed by atoms with Crippen LogP contribution in [-0.4, -0.2) is 42.6 Å². The smallest absolute Gasteiger partial charge is 0.239 e. The van der Waals surface area contributed by atoms with E-state index in [1.54, 1.807) is 0 Å². The molecule has 0 aromatic heterocycles. The number of unbranched alkanes of at least 4 members (excludes halogenated alkanes) is 1. The number of hydrogen-bond donors (Lipinski definition) is 1. The molecule has 0 aromatic rings. The number of carbonyl (C=O) groups excluding carboxylic acids is 1. The van der Waals surface area contributed by atoms with E-state index in [0.717, 1.165) is 19.3 Å². The maximum Gasteiger partial charge on any atom is 0.239 e. The van der Waals surface area contributed by atoms with Crippen LogP contribution >= 0.6 is 0 Å². The van der Waals surface area contributed by atoms with E-state index in [2.05, 4.69) is 6.92 Å². The first kappa shape index (κ1) is 12.5. The third-order valence-corrected chi connectivity index (χ3v) is 2.84. The highest BCUT2D eigenvalue weighted by atomic mass is 16.5. The first-order chi connectivity index (χ1) is 7.16. The molecule has 1 fully saturated rings. The first-order valence-corrected chi connectivity index (χ1v) is 5.80. The monoisotopic (exact) mass is 214 g/mol. The number of ether oxygens (including phenoxy) is 1. The van der Waals surface area contributed by atoms with Crippen LogP contribution in [0.25, 0.3) is 0 Å². The fourth-order valence-electron chi connectivity index (χ4n) is 1.82. The highest BCUT2D eigenvalue weighted by Crippen LogP contribution is 2.10. The Morgan fingerprint density at radius 1 is 1.67 bits per heavy atom. The fourth-order valence-corrected chi connectivity index (χ4v) is 1.82. The summed E-state index contributed by atoms with van der Waals surface area (Å²) in [6.07, 6.45) is 2.89. The molecule has 1 heterocycles. The predicted molar refractivity (Wildman–Crippen MR) is 59.5 cm³/mol. The summed E-state index contributed by atoms with van der Waals surface area (Å²) in [5, 5.41) is 0.